The second-order valence-electron chi connectivity index (χ2n) is 19.7. The van der Waals surface area contributed by atoms with Crippen molar-refractivity contribution in [3.8, 4) is 0 Å². The van der Waals surface area contributed by atoms with E-state index in [2.05, 4.69) is 76.7 Å². The number of piperazine rings is 2. The van der Waals surface area contributed by atoms with Crippen LogP contribution in [0.5, 0.6) is 0 Å². The minimum absolute atomic E-state index is 0.0131. The standard InChI is InChI=1S/C49H62ClF3N8O5S3/c1-47(2,3)61-27-23-58(24-28-61)20-18-38(34-67-39-9-7-6-8-10-39)56-42-16-15-40(29-44(42)68(63,64)49(51,52)53)69(65,66)57-46(62)43-31-55-45(32-54-43)60-25-21-59(22-26-60)33-36-30-48(4,5)19-17-41(36)35-11-13-37(50)14-12-35/h6-16,29,31-32,38,56H,17-28,30,33-34H2,1-5H3,(H,57,62). The van der Waals surface area contributed by atoms with Gasteiger partial charge in [0.2, 0.25) is 0 Å². The maximum absolute atomic E-state index is 14.3. The van der Waals surface area contributed by atoms with Crippen LogP contribution in [0.1, 0.15) is 76.4 Å². The first-order valence-corrected chi connectivity index (χ1v) is 27.5. The van der Waals surface area contributed by atoms with Gasteiger partial charge in [0.1, 0.15) is 16.4 Å². The van der Waals surface area contributed by atoms with Crippen molar-refractivity contribution in [2.75, 3.05) is 81.4 Å². The van der Waals surface area contributed by atoms with Gasteiger partial charge in [-0.25, -0.2) is 31.5 Å². The van der Waals surface area contributed by atoms with Crippen molar-refractivity contribution < 1.29 is 34.8 Å². The lowest BCUT2D eigenvalue weighted by Crippen LogP contribution is -2.53. The molecule has 3 heterocycles. The lowest BCUT2D eigenvalue weighted by atomic mass is 9.73. The fraction of sp³-hybridized carbons (Fsp3) is 0.490. The molecule has 374 valence electrons. The zero-order chi connectivity index (χ0) is 49.8. The van der Waals surface area contributed by atoms with Crippen molar-refractivity contribution in [2.24, 2.45) is 5.41 Å². The predicted octanol–water partition coefficient (Wildman–Crippen LogP) is 8.71. The number of hydrogen-bond acceptors (Lipinski definition) is 13. The molecule has 4 aromatic rings. The van der Waals surface area contributed by atoms with Crippen LogP contribution < -0.4 is 14.9 Å². The minimum atomic E-state index is -6.08. The first-order chi connectivity index (χ1) is 32.5. The highest BCUT2D eigenvalue weighted by molar-refractivity contribution is 7.99. The fourth-order valence-corrected chi connectivity index (χ4v) is 12.2. The van der Waals surface area contributed by atoms with Crippen LogP contribution in [0, 0.1) is 5.41 Å². The molecule has 0 saturated carbocycles. The van der Waals surface area contributed by atoms with Crippen LogP contribution >= 0.6 is 23.4 Å². The number of benzene rings is 3. The Kier molecular flexibility index (Phi) is 16.5. The summed E-state index contributed by atoms with van der Waals surface area (Å²) >= 11 is 7.65. The molecule has 2 saturated heterocycles. The maximum atomic E-state index is 14.3. The lowest BCUT2D eigenvalue weighted by Gasteiger charge is -2.42. The normalized spacial score (nSPS) is 18.5. The minimum Gasteiger partial charge on any atom is -0.380 e. The molecule has 1 atom stereocenters. The zero-order valence-electron chi connectivity index (χ0n) is 39.7. The molecule has 1 amide bonds. The summed E-state index contributed by atoms with van der Waals surface area (Å²) in [6.45, 7) is 18.6. The number of carbonyl (C=O) groups is 1. The molecule has 2 aliphatic heterocycles. The number of amides is 1. The van der Waals surface area contributed by atoms with Gasteiger partial charge < -0.3 is 15.1 Å². The summed E-state index contributed by atoms with van der Waals surface area (Å²) in [6, 6.07) is 19.3. The molecule has 0 spiro atoms. The predicted molar refractivity (Wildman–Crippen MR) is 268 cm³/mol. The van der Waals surface area contributed by atoms with E-state index >= 15 is 0 Å². The molecule has 0 radical (unpaired) electrons. The van der Waals surface area contributed by atoms with E-state index in [-0.39, 0.29) is 16.6 Å². The molecule has 0 bridgehead atoms. The van der Waals surface area contributed by atoms with Gasteiger partial charge in [0.25, 0.3) is 25.8 Å². The van der Waals surface area contributed by atoms with Crippen molar-refractivity contribution in [3.63, 3.8) is 0 Å². The van der Waals surface area contributed by atoms with E-state index < -0.39 is 52.8 Å². The second-order valence-corrected chi connectivity index (χ2v) is 24.9. The van der Waals surface area contributed by atoms with E-state index in [1.54, 1.807) is 0 Å². The molecule has 13 nitrogen and oxygen atoms in total. The third-order valence-electron chi connectivity index (χ3n) is 13.1. The Morgan fingerprint density at radius 3 is 2.14 bits per heavy atom. The number of carbonyl (C=O) groups excluding carboxylic acids is 1. The van der Waals surface area contributed by atoms with Gasteiger partial charge in [-0.3, -0.25) is 14.6 Å². The number of sulfonamides is 1. The molecule has 3 aromatic carbocycles. The fourth-order valence-electron chi connectivity index (χ4n) is 9.05. The van der Waals surface area contributed by atoms with Gasteiger partial charge in [0.15, 0.2) is 0 Å². The molecule has 1 unspecified atom stereocenters. The number of nitrogens with zero attached hydrogens (tertiary/aromatic N) is 6. The summed E-state index contributed by atoms with van der Waals surface area (Å²) in [5.41, 5.74) is -2.32. The first kappa shape index (κ1) is 52.6. The average molecular weight is 1030 g/mol. The number of allylic oxidation sites excluding steroid dienone is 1. The Morgan fingerprint density at radius 1 is 0.855 bits per heavy atom. The Labute approximate surface area is 414 Å². The molecule has 2 fully saturated rings. The van der Waals surface area contributed by atoms with Gasteiger partial charge in [-0.1, -0.05) is 61.4 Å². The number of hydrogen-bond donors (Lipinski definition) is 2. The molecular weight excluding hydrogens is 969 g/mol. The average Bonchev–Trinajstić information content (AvgIpc) is 3.30. The van der Waals surface area contributed by atoms with Crippen LogP contribution in [0.2, 0.25) is 5.02 Å². The number of halogens is 4. The molecule has 20 heteroatoms. The second kappa shape index (κ2) is 21.6. The Hall–Kier alpha value is -4.24. The molecule has 1 aromatic heterocycles. The van der Waals surface area contributed by atoms with Crippen LogP contribution in [-0.2, 0) is 19.9 Å². The molecule has 1 aliphatic carbocycles. The molecule has 69 heavy (non-hydrogen) atoms. The van der Waals surface area contributed by atoms with Crippen LogP contribution in [0.25, 0.3) is 5.57 Å². The van der Waals surface area contributed by atoms with Crippen molar-refractivity contribution in [1.29, 1.82) is 0 Å². The van der Waals surface area contributed by atoms with E-state index in [4.69, 9.17) is 11.6 Å². The van der Waals surface area contributed by atoms with Gasteiger partial charge in [0, 0.05) is 92.7 Å². The van der Waals surface area contributed by atoms with Gasteiger partial charge in [-0.2, -0.15) is 13.2 Å². The number of nitrogens with one attached hydrogen (secondary N) is 2. The largest absolute Gasteiger partial charge is 0.501 e. The number of rotatable bonds is 16. The third-order valence-corrected chi connectivity index (χ3v) is 17.4. The van der Waals surface area contributed by atoms with E-state index in [0.717, 1.165) is 88.3 Å². The van der Waals surface area contributed by atoms with Crippen LogP contribution in [0.3, 0.4) is 0 Å². The number of sulfone groups is 1. The quantitative estimate of drug-likeness (QED) is 0.103. The summed E-state index contributed by atoms with van der Waals surface area (Å²) in [4.78, 5) is 29.8. The van der Waals surface area contributed by atoms with Crippen molar-refractivity contribution >= 4 is 66.2 Å². The van der Waals surface area contributed by atoms with E-state index in [9.17, 15) is 34.8 Å². The van der Waals surface area contributed by atoms with Crippen molar-refractivity contribution in [3.05, 3.63) is 107 Å². The van der Waals surface area contributed by atoms with Gasteiger partial charge >= 0.3 is 5.51 Å². The van der Waals surface area contributed by atoms with E-state index in [0.29, 0.717) is 48.7 Å². The number of aromatic nitrogens is 2. The van der Waals surface area contributed by atoms with Gasteiger partial charge in [-0.15, -0.1) is 11.8 Å². The zero-order valence-corrected chi connectivity index (χ0v) is 42.9. The maximum Gasteiger partial charge on any atom is 0.501 e. The topological polar surface area (TPSA) is 148 Å². The molecule has 2 N–H and O–H groups in total. The number of alkyl halides is 3. The summed E-state index contributed by atoms with van der Waals surface area (Å²) < 4.78 is 98.2. The number of anilines is 2. The Morgan fingerprint density at radius 2 is 1.52 bits per heavy atom. The summed E-state index contributed by atoms with van der Waals surface area (Å²) in [7, 11) is -11.0. The van der Waals surface area contributed by atoms with E-state index in [1.165, 1.54) is 34.7 Å². The van der Waals surface area contributed by atoms with Crippen LogP contribution in [0.15, 0.2) is 105 Å². The highest BCUT2D eigenvalue weighted by Crippen LogP contribution is 2.43. The summed E-state index contributed by atoms with van der Waals surface area (Å²) in [5, 5.41) is 3.73. The van der Waals surface area contributed by atoms with Crippen molar-refractivity contribution in [2.45, 2.75) is 92.1 Å². The summed E-state index contributed by atoms with van der Waals surface area (Å²) in [5.74, 6) is -0.335. The monoisotopic (exact) mass is 1030 g/mol. The first-order valence-electron chi connectivity index (χ1n) is 23.2. The Balaban J connectivity index is 1.02. The molecule has 3 aliphatic rings. The molecular formula is C49H62ClF3N8O5S3. The van der Waals surface area contributed by atoms with Crippen molar-refractivity contribution in [1.82, 2.24) is 29.4 Å². The number of thioether (sulfide) groups is 1. The summed E-state index contributed by atoms with van der Waals surface area (Å²) in [6.07, 6.45) is 6.05. The Bertz CT molecular complexity index is 2670. The lowest BCUT2D eigenvalue weighted by molar-refractivity contribution is -0.0435. The van der Waals surface area contributed by atoms with Gasteiger partial charge in [0.05, 0.1) is 23.0 Å². The third kappa shape index (κ3) is 13.6. The van der Waals surface area contributed by atoms with Crippen LogP contribution in [-0.4, -0.2) is 136 Å². The SMILES string of the molecule is CC1(C)CCC(c2ccc(Cl)cc2)=C(CN2CCN(c3cnc(C(=O)NS(=O)(=O)c4ccc(NC(CCN5CCN(C(C)(C)C)CC5)CSc5ccccc5)c(S(=O)(=O)C(F)(F)F)c4)cn3)CC2)C1. The molecule has 7 rings (SSSR count). The van der Waals surface area contributed by atoms with Gasteiger partial charge in [-0.05, 0) is 105 Å². The smallest absolute Gasteiger partial charge is 0.380 e. The highest BCUT2D eigenvalue weighted by Gasteiger charge is 2.48. The highest BCUT2D eigenvalue weighted by atomic mass is 35.5. The van der Waals surface area contributed by atoms with E-state index in [1.807, 2.05) is 52.1 Å². The van der Waals surface area contributed by atoms with Crippen LogP contribution in [0.4, 0.5) is 24.7 Å².